The smallest absolute Gasteiger partial charge is 0.291 e. The Hall–Kier alpha value is -2.14. The average molecular weight is 426 g/mol. The molecule has 160 valence electrons. The van der Waals surface area contributed by atoms with Crippen LogP contribution in [0.1, 0.15) is 64.9 Å². The number of hydrogen-bond donors (Lipinski definition) is 1. The molecule has 2 atom stereocenters. The summed E-state index contributed by atoms with van der Waals surface area (Å²) in [6, 6.07) is 14.2. The zero-order valence-electron chi connectivity index (χ0n) is 18.3. The van der Waals surface area contributed by atoms with E-state index in [1.54, 1.807) is 13.8 Å². The van der Waals surface area contributed by atoms with Crippen molar-refractivity contribution in [1.29, 1.82) is 0 Å². The van der Waals surface area contributed by atoms with E-state index in [0.29, 0.717) is 32.2 Å². The number of carbonyl (C=O) groups excluding carboxylic acids is 3. The van der Waals surface area contributed by atoms with Crippen LogP contribution in [0, 0.1) is 5.41 Å². The van der Waals surface area contributed by atoms with E-state index in [1.807, 2.05) is 50.2 Å². The summed E-state index contributed by atoms with van der Waals surface area (Å²) >= 11 is 4.29. The van der Waals surface area contributed by atoms with Crippen LogP contribution < -0.4 is 0 Å². The number of benzene rings is 2. The largest absolute Gasteiger partial charge is 0.322 e. The van der Waals surface area contributed by atoms with Crippen LogP contribution in [0.25, 0.3) is 10.8 Å². The van der Waals surface area contributed by atoms with E-state index < -0.39 is 22.6 Å². The van der Waals surface area contributed by atoms with Crippen molar-refractivity contribution in [3.63, 3.8) is 0 Å². The van der Waals surface area contributed by atoms with Crippen LogP contribution in [0.3, 0.4) is 0 Å². The molecule has 1 aliphatic rings. The van der Waals surface area contributed by atoms with Gasteiger partial charge in [-0.25, -0.2) is 0 Å². The van der Waals surface area contributed by atoms with E-state index in [-0.39, 0.29) is 11.0 Å². The molecule has 0 saturated carbocycles. The van der Waals surface area contributed by atoms with Crippen LogP contribution in [0.4, 0.5) is 0 Å². The van der Waals surface area contributed by atoms with Crippen LogP contribution >= 0.6 is 12.6 Å². The molecule has 1 heterocycles. The Bertz CT molecular complexity index is 978. The normalized spacial score (nSPS) is 21.8. The average Bonchev–Trinajstić information content (AvgIpc) is 3.12. The van der Waals surface area contributed by atoms with Crippen molar-refractivity contribution < 1.29 is 14.4 Å². The second-order valence-corrected chi connectivity index (χ2v) is 9.32. The third-order valence-electron chi connectivity index (χ3n) is 6.84. The number of fused-ring (bicyclic) bond motifs is 1. The van der Waals surface area contributed by atoms with Crippen molar-refractivity contribution in [3.8, 4) is 0 Å². The Labute approximate surface area is 184 Å². The Morgan fingerprint density at radius 1 is 1.10 bits per heavy atom. The van der Waals surface area contributed by atoms with Crippen LogP contribution in [0.15, 0.2) is 42.5 Å². The van der Waals surface area contributed by atoms with Gasteiger partial charge in [0, 0.05) is 17.9 Å². The van der Waals surface area contributed by atoms with Gasteiger partial charge in [0.15, 0.2) is 0 Å². The molecule has 3 rings (SSSR count). The molecule has 0 N–H and O–H groups in total. The molecule has 2 aromatic rings. The molecular formula is C25H31NO3S. The molecule has 4 nitrogen and oxygen atoms in total. The maximum atomic E-state index is 13.4. The van der Waals surface area contributed by atoms with Crippen LogP contribution in [0.2, 0.25) is 0 Å². The van der Waals surface area contributed by atoms with Crippen molar-refractivity contribution in [2.24, 2.45) is 5.41 Å². The summed E-state index contributed by atoms with van der Waals surface area (Å²) in [5, 5.41) is 1.84. The van der Waals surface area contributed by atoms with Crippen LogP contribution in [0.5, 0.6) is 0 Å². The maximum absolute atomic E-state index is 13.4. The van der Waals surface area contributed by atoms with Crippen LogP contribution in [-0.4, -0.2) is 33.8 Å². The monoisotopic (exact) mass is 425 g/mol. The molecule has 30 heavy (non-hydrogen) atoms. The lowest BCUT2D eigenvalue weighted by molar-refractivity contribution is -0.153. The molecular weight excluding hydrogens is 394 g/mol. The molecule has 0 radical (unpaired) electrons. The number of nitrogens with zero attached hydrogens (tertiary/aromatic N) is 1. The lowest BCUT2D eigenvalue weighted by atomic mass is 9.75. The van der Waals surface area contributed by atoms with Gasteiger partial charge in [0.2, 0.25) is 10.9 Å². The minimum atomic E-state index is -1.11. The molecule has 1 saturated heterocycles. The minimum Gasteiger partial charge on any atom is -0.322 e. The summed E-state index contributed by atoms with van der Waals surface area (Å²) in [6.07, 6.45) is 2.39. The van der Waals surface area contributed by atoms with Crippen molar-refractivity contribution in [3.05, 3.63) is 48.0 Å². The molecule has 5 heteroatoms. The van der Waals surface area contributed by atoms with Gasteiger partial charge in [0.25, 0.3) is 5.91 Å². The third kappa shape index (κ3) is 3.58. The summed E-state index contributed by atoms with van der Waals surface area (Å²) < 4.78 is 0. The molecule has 0 aromatic heterocycles. The zero-order valence-corrected chi connectivity index (χ0v) is 19.2. The van der Waals surface area contributed by atoms with Gasteiger partial charge in [-0.2, -0.15) is 0 Å². The standard InChI is InChI=1S/C25H31NO3S/c1-5-15-25(23(29)30)20(19-13-9-11-17-10-7-8-12-18(17)19)14-16-26(25)22(28)21(27)24(3,4)6-2/h7-13,20H,5-6,14-16H2,1-4H3,(H,29,30)/t20?,25-/m0/s1. The van der Waals surface area contributed by atoms with Gasteiger partial charge < -0.3 is 4.90 Å². The third-order valence-corrected chi connectivity index (χ3v) is 7.22. The second kappa shape index (κ2) is 8.54. The number of amides is 1. The number of carbonyl (C=O) groups is 3. The van der Waals surface area contributed by atoms with Gasteiger partial charge in [-0.05, 0) is 35.6 Å². The molecule has 1 unspecified atom stereocenters. The molecule has 0 aliphatic carbocycles. The van der Waals surface area contributed by atoms with Gasteiger partial charge in [0.05, 0.1) is 0 Å². The fourth-order valence-corrected chi connectivity index (χ4v) is 5.16. The fraction of sp³-hybridized carbons (Fsp3) is 0.480. The summed E-state index contributed by atoms with van der Waals surface area (Å²) in [4.78, 5) is 41.0. The molecule has 1 aliphatic heterocycles. The molecule has 0 bridgehead atoms. The van der Waals surface area contributed by atoms with Gasteiger partial charge in [-0.1, -0.05) is 76.6 Å². The predicted molar refractivity (Wildman–Crippen MR) is 124 cm³/mol. The second-order valence-electron chi connectivity index (χ2n) is 8.91. The number of hydrogen-bond acceptors (Lipinski definition) is 3. The first-order valence-corrected chi connectivity index (χ1v) is 11.2. The number of thiol groups is 1. The Balaban J connectivity index is 2.15. The highest BCUT2D eigenvalue weighted by Gasteiger charge is 2.56. The first kappa shape index (κ1) is 22.5. The van der Waals surface area contributed by atoms with Gasteiger partial charge >= 0.3 is 0 Å². The van der Waals surface area contributed by atoms with Crippen molar-refractivity contribution in [2.75, 3.05) is 6.54 Å². The quantitative estimate of drug-likeness (QED) is 0.493. The maximum Gasteiger partial charge on any atom is 0.291 e. The van der Waals surface area contributed by atoms with Crippen molar-refractivity contribution in [1.82, 2.24) is 4.90 Å². The van der Waals surface area contributed by atoms with Gasteiger partial charge in [-0.15, -0.1) is 12.6 Å². The van der Waals surface area contributed by atoms with Crippen molar-refractivity contribution in [2.45, 2.75) is 64.8 Å². The molecule has 2 aromatic carbocycles. The van der Waals surface area contributed by atoms with E-state index in [2.05, 4.69) is 18.7 Å². The van der Waals surface area contributed by atoms with E-state index in [4.69, 9.17) is 0 Å². The predicted octanol–water partition coefficient (Wildman–Crippen LogP) is 5.16. The number of likely N-dealkylation sites (tertiary alicyclic amines) is 1. The van der Waals surface area contributed by atoms with E-state index in [0.717, 1.165) is 16.3 Å². The Morgan fingerprint density at radius 3 is 2.40 bits per heavy atom. The lowest BCUT2D eigenvalue weighted by Gasteiger charge is -2.41. The van der Waals surface area contributed by atoms with Gasteiger partial charge in [-0.3, -0.25) is 14.4 Å². The zero-order chi connectivity index (χ0) is 22.1. The summed E-state index contributed by atoms with van der Waals surface area (Å²) in [5.74, 6) is -1.19. The number of ketones is 1. The highest BCUT2D eigenvalue weighted by Crippen LogP contribution is 2.48. The summed E-state index contributed by atoms with van der Waals surface area (Å²) in [6.45, 7) is 7.85. The Morgan fingerprint density at radius 2 is 1.77 bits per heavy atom. The number of Topliss-reactive ketones (excluding diaryl/α,β-unsaturated/α-hetero) is 1. The Kier molecular flexibility index (Phi) is 6.42. The fourth-order valence-electron chi connectivity index (χ4n) is 4.77. The van der Waals surface area contributed by atoms with Gasteiger partial charge in [0.1, 0.15) is 5.54 Å². The molecule has 0 spiro atoms. The van der Waals surface area contributed by atoms with Crippen molar-refractivity contribution >= 4 is 40.2 Å². The number of rotatable bonds is 7. The summed E-state index contributed by atoms with van der Waals surface area (Å²) in [5.41, 5.74) is -0.827. The highest BCUT2D eigenvalue weighted by molar-refractivity contribution is 7.96. The topological polar surface area (TPSA) is 54.5 Å². The molecule has 1 amide bonds. The minimum absolute atomic E-state index is 0.199. The molecule has 1 fully saturated rings. The highest BCUT2D eigenvalue weighted by atomic mass is 32.1. The summed E-state index contributed by atoms with van der Waals surface area (Å²) in [7, 11) is 0. The SMILES string of the molecule is CCC[C@@]1(C(=O)S)C(c2cccc3ccccc23)CCN1C(=O)C(=O)C(C)(C)CC. The lowest BCUT2D eigenvalue weighted by Crippen LogP contribution is -2.57. The van der Waals surface area contributed by atoms with Crippen LogP contribution in [-0.2, 0) is 14.4 Å². The van der Waals surface area contributed by atoms with E-state index >= 15 is 0 Å². The first-order chi connectivity index (χ1) is 14.2. The first-order valence-electron chi connectivity index (χ1n) is 10.8. The van der Waals surface area contributed by atoms with E-state index in [9.17, 15) is 14.4 Å². The van der Waals surface area contributed by atoms with E-state index in [1.165, 1.54) is 4.90 Å².